The smallest absolute Gasteiger partial charge is 0.150 e. The van der Waals surface area contributed by atoms with Crippen LogP contribution in [0.5, 0.6) is 0 Å². The SMILES string of the molecule is C=C/C=C\c1c(C=C)c(=C/C)/c(=C(/O)C=C)c2nc3c(n12)-c1ccccc1-c1ccccc1-c1ccccc1-3. The van der Waals surface area contributed by atoms with Crippen molar-refractivity contribution in [1.29, 1.82) is 0 Å². The van der Waals surface area contributed by atoms with Gasteiger partial charge in [0.15, 0.2) is 0 Å². The van der Waals surface area contributed by atoms with Crippen molar-refractivity contribution in [2.75, 3.05) is 0 Å². The summed E-state index contributed by atoms with van der Waals surface area (Å²) < 4.78 is 2.15. The number of allylic oxidation sites excluding steroid dienone is 2. The molecule has 1 aliphatic rings. The summed E-state index contributed by atoms with van der Waals surface area (Å²) in [6.07, 6.45) is 11.0. The first kappa shape index (κ1) is 24.2. The molecule has 0 fully saturated rings. The fourth-order valence-corrected chi connectivity index (χ4v) is 5.77. The molecule has 6 rings (SSSR count). The highest BCUT2D eigenvalue weighted by Gasteiger charge is 2.27. The molecule has 3 aromatic carbocycles. The van der Waals surface area contributed by atoms with Gasteiger partial charge < -0.3 is 5.11 Å². The Morgan fingerprint density at radius 1 is 0.795 bits per heavy atom. The lowest BCUT2D eigenvalue weighted by Crippen LogP contribution is -2.33. The van der Waals surface area contributed by atoms with Gasteiger partial charge in [-0.25, -0.2) is 4.98 Å². The Morgan fingerprint density at radius 2 is 1.33 bits per heavy atom. The van der Waals surface area contributed by atoms with Gasteiger partial charge in [-0.1, -0.05) is 117 Å². The standard InChI is InChI=1S/C36H28N2O/c1-5-9-22-31-23(6-2)24(7-3)33(32(39)8-4)36-37-34-29-20-14-12-18-27(29)25-16-10-11-17-26(25)28-19-13-15-21-30(28)35(34)38(31)36/h5-22,39H,1-2,4H2,3H3/b22-9-,24-7-,27-25?,28-26?,33-32-,34-29?,35-30?. The molecule has 0 amide bonds. The highest BCUT2D eigenvalue weighted by Crippen LogP contribution is 2.47. The van der Waals surface area contributed by atoms with E-state index < -0.39 is 0 Å². The summed E-state index contributed by atoms with van der Waals surface area (Å²) >= 11 is 0. The maximum absolute atomic E-state index is 11.2. The third-order valence-electron chi connectivity index (χ3n) is 7.38. The van der Waals surface area contributed by atoms with Crippen molar-refractivity contribution in [3.8, 4) is 44.8 Å². The number of aliphatic hydroxyl groups excluding tert-OH is 1. The van der Waals surface area contributed by atoms with E-state index in [0.717, 1.165) is 61.2 Å². The minimum Gasteiger partial charge on any atom is -0.507 e. The average molecular weight is 505 g/mol. The van der Waals surface area contributed by atoms with Crippen LogP contribution in [-0.2, 0) is 0 Å². The molecule has 1 aliphatic carbocycles. The summed E-state index contributed by atoms with van der Waals surface area (Å²) in [6, 6.07) is 25.4. The number of imidazole rings is 1. The van der Waals surface area contributed by atoms with E-state index in [1.807, 2.05) is 31.2 Å². The first-order chi connectivity index (χ1) is 19.1. The molecule has 1 N–H and O–H groups in total. The van der Waals surface area contributed by atoms with Crippen molar-refractivity contribution in [1.82, 2.24) is 9.38 Å². The van der Waals surface area contributed by atoms with Crippen LogP contribution in [0, 0.1) is 0 Å². The average Bonchev–Trinajstić information content (AvgIpc) is 3.37. The molecule has 0 saturated heterocycles. The number of pyridine rings is 1. The lowest BCUT2D eigenvalue weighted by atomic mass is 9.84. The molecule has 0 unspecified atom stereocenters. The van der Waals surface area contributed by atoms with Crippen LogP contribution in [0.15, 0.2) is 111 Å². The van der Waals surface area contributed by atoms with E-state index in [4.69, 9.17) is 4.98 Å². The number of benzene rings is 3. The topological polar surface area (TPSA) is 37.5 Å². The van der Waals surface area contributed by atoms with E-state index in [0.29, 0.717) is 10.9 Å². The van der Waals surface area contributed by atoms with Crippen LogP contribution in [-0.4, -0.2) is 14.5 Å². The fraction of sp³-hybridized carbons (Fsp3) is 0.0278. The maximum atomic E-state index is 11.2. The largest absolute Gasteiger partial charge is 0.507 e. The molecule has 0 saturated carbocycles. The number of rotatable bonds is 4. The third kappa shape index (κ3) is 3.55. The van der Waals surface area contributed by atoms with Crippen LogP contribution in [0.25, 0.3) is 74.4 Å². The second-order valence-electron chi connectivity index (χ2n) is 9.37. The first-order valence-electron chi connectivity index (χ1n) is 12.9. The Balaban J connectivity index is 1.99. The van der Waals surface area contributed by atoms with Crippen molar-refractivity contribution < 1.29 is 5.11 Å². The van der Waals surface area contributed by atoms with Gasteiger partial charge in [-0.3, -0.25) is 4.40 Å². The van der Waals surface area contributed by atoms with Gasteiger partial charge in [0, 0.05) is 16.7 Å². The summed E-state index contributed by atoms with van der Waals surface area (Å²) in [6.45, 7) is 13.9. The van der Waals surface area contributed by atoms with Crippen LogP contribution < -0.4 is 10.4 Å². The molecule has 0 atom stereocenters. The Morgan fingerprint density at radius 3 is 1.87 bits per heavy atom. The van der Waals surface area contributed by atoms with E-state index >= 15 is 0 Å². The van der Waals surface area contributed by atoms with E-state index in [1.54, 1.807) is 6.08 Å². The van der Waals surface area contributed by atoms with Gasteiger partial charge in [0.25, 0.3) is 0 Å². The lowest BCUT2D eigenvalue weighted by Gasteiger charge is -2.21. The van der Waals surface area contributed by atoms with Crippen LogP contribution in [0.4, 0.5) is 0 Å². The Kier molecular flexibility index (Phi) is 5.97. The van der Waals surface area contributed by atoms with Gasteiger partial charge in [-0.05, 0) is 46.5 Å². The van der Waals surface area contributed by atoms with Gasteiger partial charge in [0.1, 0.15) is 11.4 Å². The van der Waals surface area contributed by atoms with Crippen molar-refractivity contribution in [2.45, 2.75) is 6.92 Å². The van der Waals surface area contributed by atoms with Crippen molar-refractivity contribution in [3.63, 3.8) is 0 Å². The number of aliphatic hydroxyl groups is 1. The Hall–Kier alpha value is -5.15. The van der Waals surface area contributed by atoms with E-state index in [2.05, 4.69) is 96.9 Å². The van der Waals surface area contributed by atoms with Crippen molar-refractivity contribution >= 4 is 29.6 Å². The molecule has 0 spiro atoms. The van der Waals surface area contributed by atoms with Crippen LogP contribution in [0.2, 0.25) is 0 Å². The molecule has 0 bridgehead atoms. The second-order valence-corrected chi connectivity index (χ2v) is 9.37. The van der Waals surface area contributed by atoms with Crippen LogP contribution >= 0.6 is 0 Å². The zero-order valence-electron chi connectivity index (χ0n) is 21.9. The molecule has 0 radical (unpaired) electrons. The molecule has 39 heavy (non-hydrogen) atoms. The zero-order valence-corrected chi connectivity index (χ0v) is 21.9. The number of nitrogens with zero attached hydrogens (tertiary/aromatic N) is 2. The number of hydrogen-bond acceptors (Lipinski definition) is 2. The quantitative estimate of drug-likeness (QED) is 0.249. The van der Waals surface area contributed by atoms with Gasteiger partial charge in [0.2, 0.25) is 0 Å². The molecular weight excluding hydrogens is 476 g/mol. The molecule has 3 nitrogen and oxygen atoms in total. The van der Waals surface area contributed by atoms with E-state index in [9.17, 15) is 5.11 Å². The van der Waals surface area contributed by atoms with Crippen molar-refractivity contribution in [3.05, 3.63) is 132 Å². The molecule has 2 aromatic heterocycles. The zero-order chi connectivity index (χ0) is 27.1. The van der Waals surface area contributed by atoms with Crippen LogP contribution in [0.3, 0.4) is 0 Å². The number of fused-ring (bicyclic) bond motifs is 10. The molecule has 188 valence electrons. The van der Waals surface area contributed by atoms with Crippen LogP contribution in [0.1, 0.15) is 18.2 Å². The molecular formula is C36H28N2O. The highest BCUT2D eigenvalue weighted by atomic mass is 16.3. The molecule has 2 heterocycles. The van der Waals surface area contributed by atoms with Gasteiger partial charge >= 0.3 is 0 Å². The predicted molar refractivity (Wildman–Crippen MR) is 165 cm³/mol. The molecule has 5 aromatic rings. The maximum Gasteiger partial charge on any atom is 0.150 e. The Bertz CT molecular complexity index is 1990. The number of aromatic nitrogens is 2. The van der Waals surface area contributed by atoms with Crippen molar-refractivity contribution in [2.24, 2.45) is 0 Å². The second kappa shape index (κ2) is 9.62. The predicted octanol–water partition coefficient (Wildman–Crippen LogP) is 7.81. The van der Waals surface area contributed by atoms with Gasteiger partial charge in [-0.2, -0.15) is 0 Å². The summed E-state index contributed by atoms with van der Waals surface area (Å²) in [7, 11) is 0. The summed E-state index contributed by atoms with van der Waals surface area (Å²) in [5.41, 5.74) is 10.9. The molecule has 3 heteroatoms. The highest BCUT2D eigenvalue weighted by molar-refractivity contribution is 6.02. The fourth-order valence-electron chi connectivity index (χ4n) is 5.77. The van der Waals surface area contributed by atoms with Gasteiger partial charge in [0.05, 0.1) is 22.3 Å². The first-order valence-corrected chi connectivity index (χ1v) is 12.9. The lowest BCUT2D eigenvalue weighted by molar-refractivity contribution is 0.512. The normalized spacial score (nSPS) is 13.1. The Labute approximate surface area is 228 Å². The summed E-state index contributed by atoms with van der Waals surface area (Å²) in [5, 5.41) is 12.7. The summed E-state index contributed by atoms with van der Waals surface area (Å²) in [4.78, 5) is 5.31. The van der Waals surface area contributed by atoms with E-state index in [-0.39, 0.29) is 5.76 Å². The molecule has 0 aliphatic heterocycles. The summed E-state index contributed by atoms with van der Waals surface area (Å²) in [5.74, 6) is 0.0679. The minimum absolute atomic E-state index is 0.0679. The van der Waals surface area contributed by atoms with E-state index in [1.165, 1.54) is 6.08 Å². The third-order valence-corrected chi connectivity index (χ3v) is 7.38. The monoisotopic (exact) mass is 504 g/mol. The minimum atomic E-state index is 0.0679. The van der Waals surface area contributed by atoms with Gasteiger partial charge in [-0.15, -0.1) is 0 Å². The number of hydrogen-bond donors (Lipinski definition) is 1.